The van der Waals surface area contributed by atoms with Crippen molar-refractivity contribution in [2.24, 2.45) is 5.41 Å². The molecule has 0 amide bonds. The summed E-state index contributed by atoms with van der Waals surface area (Å²) in [6.07, 6.45) is -5.08. The van der Waals surface area contributed by atoms with Crippen molar-refractivity contribution in [3.05, 3.63) is 0 Å². The molecule has 0 spiro atoms. The number of carboxylic acids is 1. The van der Waals surface area contributed by atoms with Gasteiger partial charge in [0.05, 0.1) is 12.5 Å². The summed E-state index contributed by atoms with van der Waals surface area (Å²) in [5, 5.41) is 10.2. The molecule has 0 radical (unpaired) electrons. The van der Waals surface area contributed by atoms with Gasteiger partial charge in [-0.25, -0.2) is 9.59 Å². The molecular weight excluding hydrogens is 255 g/mol. The van der Waals surface area contributed by atoms with Crippen LogP contribution in [0.1, 0.15) is 6.92 Å². The zero-order chi connectivity index (χ0) is 14.4. The first-order chi connectivity index (χ1) is 8.10. The highest BCUT2D eigenvalue weighted by Crippen LogP contribution is 2.18. The van der Waals surface area contributed by atoms with Crippen molar-refractivity contribution in [3.8, 4) is 11.8 Å². The first-order valence-corrected chi connectivity index (χ1v) is 4.73. The van der Waals surface area contributed by atoms with Gasteiger partial charge in [0.1, 0.15) is 0 Å². The molecule has 0 bridgehead atoms. The number of ether oxygens (including phenoxy) is 1. The first kappa shape index (κ1) is 16.2. The third kappa shape index (κ3) is 6.10. The Morgan fingerprint density at radius 2 is 1.83 bits per heavy atom. The summed E-state index contributed by atoms with van der Waals surface area (Å²) in [5.74, 6) is 2.07. The number of esters is 1. The summed E-state index contributed by atoms with van der Waals surface area (Å²) >= 11 is 0. The largest absolute Gasteiger partial charge is 0.490 e. The Labute approximate surface area is 101 Å². The Morgan fingerprint density at radius 1 is 1.39 bits per heavy atom. The lowest BCUT2D eigenvalue weighted by atomic mass is 9.85. The molecule has 0 aromatic rings. The molecule has 0 aromatic heterocycles. The number of carboxylic acid groups (broad SMARTS) is 1. The Bertz CT molecular complexity index is 377. The maximum Gasteiger partial charge on any atom is 0.490 e. The van der Waals surface area contributed by atoms with E-state index in [9.17, 15) is 18.0 Å². The lowest BCUT2D eigenvalue weighted by Gasteiger charge is -2.33. The zero-order valence-corrected chi connectivity index (χ0v) is 9.72. The number of carbonyl (C=O) groups is 2. The molecular formula is C10H12F3NO4. The van der Waals surface area contributed by atoms with E-state index < -0.39 is 18.1 Å². The molecule has 0 saturated carbocycles. The van der Waals surface area contributed by atoms with E-state index in [1.54, 1.807) is 0 Å². The zero-order valence-electron chi connectivity index (χ0n) is 9.72. The smallest absolute Gasteiger partial charge is 0.475 e. The molecule has 1 heterocycles. The van der Waals surface area contributed by atoms with Gasteiger partial charge in [0.2, 0.25) is 0 Å². The average molecular weight is 267 g/mol. The van der Waals surface area contributed by atoms with Gasteiger partial charge in [0, 0.05) is 19.0 Å². The van der Waals surface area contributed by atoms with Gasteiger partial charge in [-0.2, -0.15) is 13.2 Å². The van der Waals surface area contributed by atoms with E-state index in [1.165, 1.54) is 7.11 Å². The van der Waals surface area contributed by atoms with Gasteiger partial charge >= 0.3 is 18.1 Å². The molecule has 1 aliphatic rings. The van der Waals surface area contributed by atoms with Crippen molar-refractivity contribution in [3.63, 3.8) is 0 Å². The van der Waals surface area contributed by atoms with Crippen LogP contribution in [0.25, 0.3) is 0 Å². The maximum absolute atomic E-state index is 10.6. The quantitative estimate of drug-likeness (QED) is 0.377. The minimum Gasteiger partial charge on any atom is -0.475 e. The van der Waals surface area contributed by atoms with Crippen LogP contribution in [-0.2, 0) is 14.3 Å². The second-order valence-corrected chi connectivity index (χ2v) is 3.71. The molecule has 0 unspecified atom stereocenters. The van der Waals surface area contributed by atoms with Crippen molar-refractivity contribution in [1.82, 2.24) is 5.32 Å². The molecule has 0 aromatic carbocycles. The minimum atomic E-state index is -5.08. The number of nitrogens with one attached hydrogen (secondary N) is 1. The fourth-order valence-corrected chi connectivity index (χ4v) is 0.841. The highest BCUT2D eigenvalue weighted by Gasteiger charge is 2.38. The predicted octanol–water partition coefficient (Wildman–Crippen LogP) is 0.406. The molecule has 8 heteroatoms. The molecule has 1 rings (SSSR count). The summed E-state index contributed by atoms with van der Waals surface area (Å²) < 4.78 is 36.1. The molecule has 2 N–H and O–H groups in total. The van der Waals surface area contributed by atoms with Gasteiger partial charge < -0.3 is 15.2 Å². The molecule has 1 saturated heterocycles. The number of hydrogen-bond donors (Lipinski definition) is 2. The highest BCUT2D eigenvalue weighted by atomic mass is 19.4. The van der Waals surface area contributed by atoms with Crippen molar-refractivity contribution < 1.29 is 32.6 Å². The number of carbonyl (C=O) groups excluding carboxylic acids is 1. The standard InChI is InChI=1S/C8H11NO2.C2HF3O2/c1-8(5-9-6-8)4-3-7(10)11-2;3-2(4,5)1(6)7/h9H,5-6H2,1-2H3;(H,6,7). The topological polar surface area (TPSA) is 75.6 Å². The van der Waals surface area contributed by atoms with E-state index in [0.717, 1.165) is 13.1 Å². The summed E-state index contributed by atoms with van der Waals surface area (Å²) in [6, 6.07) is 0. The van der Waals surface area contributed by atoms with E-state index in [2.05, 4.69) is 21.9 Å². The molecule has 1 aliphatic heterocycles. The lowest BCUT2D eigenvalue weighted by molar-refractivity contribution is -0.192. The summed E-state index contributed by atoms with van der Waals surface area (Å²) in [7, 11) is 1.33. The van der Waals surface area contributed by atoms with Gasteiger partial charge in [-0.1, -0.05) is 5.92 Å². The molecule has 18 heavy (non-hydrogen) atoms. The van der Waals surface area contributed by atoms with Crippen LogP contribution in [0.4, 0.5) is 13.2 Å². The van der Waals surface area contributed by atoms with Crippen LogP contribution in [0.3, 0.4) is 0 Å². The van der Waals surface area contributed by atoms with E-state index in [0.29, 0.717) is 0 Å². The summed E-state index contributed by atoms with van der Waals surface area (Å²) in [6.45, 7) is 3.73. The highest BCUT2D eigenvalue weighted by molar-refractivity contribution is 5.88. The van der Waals surface area contributed by atoms with Crippen LogP contribution in [-0.4, -0.2) is 43.4 Å². The third-order valence-electron chi connectivity index (χ3n) is 1.92. The Hall–Kier alpha value is -1.75. The maximum atomic E-state index is 10.6. The van der Waals surface area contributed by atoms with Crippen molar-refractivity contribution in [2.45, 2.75) is 13.1 Å². The number of hydrogen-bond acceptors (Lipinski definition) is 4. The Kier molecular flexibility index (Phi) is 5.65. The van der Waals surface area contributed by atoms with Crippen LogP contribution < -0.4 is 5.32 Å². The van der Waals surface area contributed by atoms with Gasteiger partial charge in [-0.05, 0) is 6.92 Å². The second-order valence-electron chi connectivity index (χ2n) is 3.71. The number of rotatable bonds is 0. The van der Waals surface area contributed by atoms with Crippen LogP contribution >= 0.6 is 0 Å². The van der Waals surface area contributed by atoms with Gasteiger partial charge in [-0.3, -0.25) is 0 Å². The van der Waals surface area contributed by atoms with E-state index in [1.807, 2.05) is 6.92 Å². The van der Waals surface area contributed by atoms with Gasteiger partial charge in [-0.15, -0.1) is 0 Å². The third-order valence-corrected chi connectivity index (χ3v) is 1.92. The van der Waals surface area contributed by atoms with E-state index >= 15 is 0 Å². The van der Waals surface area contributed by atoms with E-state index in [4.69, 9.17) is 9.90 Å². The SMILES string of the molecule is COC(=O)C#CC1(C)CNC1.O=C(O)C(F)(F)F. The fourth-order valence-electron chi connectivity index (χ4n) is 0.841. The van der Waals surface area contributed by atoms with Crippen LogP contribution in [0, 0.1) is 17.3 Å². The van der Waals surface area contributed by atoms with Crippen LogP contribution in [0.15, 0.2) is 0 Å². The number of methoxy groups -OCH3 is 1. The number of aliphatic carboxylic acids is 1. The van der Waals surface area contributed by atoms with Crippen LogP contribution in [0.5, 0.6) is 0 Å². The molecule has 1 fully saturated rings. The predicted molar refractivity (Wildman–Crippen MR) is 54.5 cm³/mol. The molecule has 0 aliphatic carbocycles. The second kappa shape index (κ2) is 6.26. The summed E-state index contributed by atoms with van der Waals surface area (Å²) in [4.78, 5) is 19.5. The van der Waals surface area contributed by atoms with E-state index in [-0.39, 0.29) is 5.41 Å². The molecule has 0 atom stereocenters. The molecule has 102 valence electrons. The van der Waals surface area contributed by atoms with Crippen molar-refractivity contribution in [1.29, 1.82) is 0 Å². The monoisotopic (exact) mass is 267 g/mol. The Morgan fingerprint density at radius 3 is 2.06 bits per heavy atom. The van der Waals surface area contributed by atoms with Crippen molar-refractivity contribution >= 4 is 11.9 Å². The Balaban J connectivity index is 0.000000360. The van der Waals surface area contributed by atoms with Gasteiger partial charge in [0.25, 0.3) is 0 Å². The number of halogens is 3. The molecule has 5 nitrogen and oxygen atoms in total. The van der Waals surface area contributed by atoms with Crippen molar-refractivity contribution in [2.75, 3.05) is 20.2 Å². The summed E-state index contributed by atoms with van der Waals surface area (Å²) in [5.41, 5.74) is -0.0197. The normalized spacial score (nSPS) is 16.1. The fraction of sp³-hybridized carbons (Fsp3) is 0.600. The average Bonchev–Trinajstić information content (AvgIpc) is 2.22. The van der Waals surface area contributed by atoms with Crippen LogP contribution in [0.2, 0.25) is 0 Å². The minimum absolute atomic E-state index is 0.0197. The first-order valence-electron chi connectivity index (χ1n) is 4.73. The van der Waals surface area contributed by atoms with Gasteiger partial charge in [0.15, 0.2) is 0 Å². The lowest BCUT2D eigenvalue weighted by Crippen LogP contribution is -2.50. The number of alkyl halides is 3.